The zero-order chi connectivity index (χ0) is 14.6. The molecule has 1 rings (SSSR count). The van der Waals surface area contributed by atoms with E-state index < -0.39 is 0 Å². The Kier molecular flexibility index (Phi) is 9.31. The van der Waals surface area contributed by atoms with E-state index >= 15 is 0 Å². The predicted molar refractivity (Wildman–Crippen MR) is 80.0 cm³/mol. The Hall–Kier alpha value is -0.890. The average molecular weight is 349 g/mol. The molecule has 114 valence electrons. The van der Waals surface area contributed by atoms with Crippen LogP contribution in [0.3, 0.4) is 0 Å². The smallest absolute Gasteiger partial charge is 0.238 e. The van der Waals surface area contributed by atoms with Gasteiger partial charge >= 0.3 is 0 Å². The molecule has 0 unspecified atom stereocenters. The zero-order valence-electron chi connectivity index (χ0n) is 11.6. The molecule has 0 bridgehead atoms. The number of hydrogen-bond acceptors (Lipinski definition) is 6. The number of anilines is 1. The summed E-state index contributed by atoms with van der Waals surface area (Å²) in [5.74, 6) is 0.413. The summed E-state index contributed by atoms with van der Waals surface area (Å²) in [6.07, 6.45) is 0. The molecule has 0 radical (unpaired) electrons. The third kappa shape index (κ3) is 7.64. The van der Waals surface area contributed by atoms with Crippen LogP contribution >= 0.6 is 15.9 Å². The van der Waals surface area contributed by atoms with E-state index in [1.807, 2.05) is 6.92 Å². The van der Waals surface area contributed by atoms with Gasteiger partial charge in [0.05, 0.1) is 38.7 Å². The van der Waals surface area contributed by atoms with Crippen LogP contribution < -0.4 is 10.5 Å². The lowest BCUT2D eigenvalue weighted by Gasteiger charge is -2.09. The molecular formula is C13H21BrN2O4. The van der Waals surface area contributed by atoms with Crippen LogP contribution in [-0.4, -0.2) is 51.2 Å². The molecule has 7 heteroatoms. The Bertz CT molecular complexity index is 379. The molecule has 0 fully saturated rings. The third-order valence-corrected chi connectivity index (χ3v) is 2.71. The molecule has 1 aromatic rings. The molecule has 1 aromatic heterocycles. The standard InChI is InChI=1S/C13H21BrN2O4/c1-2-17-5-6-18-7-8-19-9-10-20-13-11(15)3-4-12(14)16-13/h3-4H,2,5-10,15H2,1H3. The minimum atomic E-state index is 0.395. The first kappa shape index (κ1) is 17.2. The van der Waals surface area contributed by atoms with E-state index in [1.54, 1.807) is 12.1 Å². The lowest BCUT2D eigenvalue weighted by molar-refractivity contribution is 0.0112. The minimum Gasteiger partial charge on any atom is -0.474 e. The van der Waals surface area contributed by atoms with Crippen molar-refractivity contribution in [1.82, 2.24) is 4.98 Å². The highest BCUT2D eigenvalue weighted by molar-refractivity contribution is 9.10. The van der Waals surface area contributed by atoms with Gasteiger partial charge in [-0.05, 0) is 35.0 Å². The highest BCUT2D eigenvalue weighted by atomic mass is 79.9. The minimum absolute atomic E-state index is 0.395. The number of nitrogen functional groups attached to an aromatic ring is 1. The van der Waals surface area contributed by atoms with Gasteiger partial charge in [-0.2, -0.15) is 0 Å². The predicted octanol–water partition coefficient (Wildman–Crippen LogP) is 1.87. The van der Waals surface area contributed by atoms with Crippen molar-refractivity contribution in [2.45, 2.75) is 6.92 Å². The zero-order valence-corrected chi connectivity index (χ0v) is 13.2. The summed E-state index contributed by atoms with van der Waals surface area (Å²) in [5, 5.41) is 0. The van der Waals surface area contributed by atoms with Crippen LogP contribution in [0, 0.1) is 0 Å². The van der Waals surface area contributed by atoms with E-state index in [1.165, 1.54) is 0 Å². The Balaban J connectivity index is 1.98. The molecule has 20 heavy (non-hydrogen) atoms. The van der Waals surface area contributed by atoms with Gasteiger partial charge in [-0.25, -0.2) is 4.98 Å². The van der Waals surface area contributed by atoms with Crippen LogP contribution in [-0.2, 0) is 14.2 Å². The molecule has 0 saturated carbocycles. The maximum Gasteiger partial charge on any atom is 0.238 e. The number of ether oxygens (including phenoxy) is 4. The molecule has 0 spiro atoms. The van der Waals surface area contributed by atoms with Gasteiger partial charge in [0.1, 0.15) is 11.2 Å². The van der Waals surface area contributed by atoms with Gasteiger partial charge in [0, 0.05) is 6.61 Å². The van der Waals surface area contributed by atoms with Crippen molar-refractivity contribution in [3.05, 3.63) is 16.7 Å². The number of halogens is 1. The SMILES string of the molecule is CCOCCOCCOCCOc1nc(Br)ccc1N. The van der Waals surface area contributed by atoms with E-state index in [2.05, 4.69) is 20.9 Å². The van der Waals surface area contributed by atoms with Gasteiger partial charge in [0.25, 0.3) is 0 Å². The average Bonchev–Trinajstić information content (AvgIpc) is 2.44. The van der Waals surface area contributed by atoms with Crippen LogP contribution in [0.4, 0.5) is 5.69 Å². The number of nitrogens with zero attached hydrogens (tertiary/aromatic N) is 1. The van der Waals surface area contributed by atoms with Crippen LogP contribution in [0.5, 0.6) is 5.88 Å². The summed E-state index contributed by atoms with van der Waals surface area (Å²) >= 11 is 3.26. The van der Waals surface area contributed by atoms with Crippen molar-refractivity contribution >= 4 is 21.6 Å². The van der Waals surface area contributed by atoms with Crippen molar-refractivity contribution in [3.63, 3.8) is 0 Å². The van der Waals surface area contributed by atoms with Gasteiger partial charge in [-0.15, -0.1) is 0 Å². The molecule has 0 aromatic carbocycles. The van der Waals surface area contributed by atoms with E-state index in [9.17, 15) is 0 Å². The molecule has 0 aliphatic rings. The lowest BCUT2D eigenvalue weighted by Crippen LogP contribution is -2.13. The number of pyridine rings is 1. The van der Waals surface area contributed by atoms with Gasteiger partial charge < -0.3 is 24.7 Å². The fourth-order valence-corrected chi connectivity index (χ4v) is 1.62. The molecule has 6 nitrogen and oxygen atoms in total. The molecular weight excluding hydrogens is 328 g/mol. The first-order chi connectivity index (χ1) is 9.74. The molecule has 0 aliphatic heterocycles. The quantitative estimate of drug-likeness (QED) is 0.486. The van der Waals surface area contributed by atoms with E-state index in [4.69, 9.17) is 24.7 Å². The second-order valence-electron chi connectivity index (χ2n) is 3.80. The van der Waals surface area contributed by atoms with Crippen molar-refractivity contribution < 1.29 is 18.9 Å². The van der Waals surface area contributed by atoms with Crippen LogP contribution in [0.1, 0.15) is 6.92 Å². The van der Waals surface area contributed by atoms with Gasteiger partial charge in [0.15, 0.2) is 0 Å². The van der Waals surface area contributed by atoms with Crippen molar-refractivity contribution in [3.8, 4) is 5.88 Å². The summed E-state index contributed by atoms with van der Waals surface area (Å²) in [4.78, 5) is 4.12. The number of rotatable bonds is 11. The van der Waals surface area contributed by atoms with Crippen LogP contribution in [0.15, 0.2) is 16.7 Å². The van der Waals surface area contributed by atoms with Crippen LogP contribution in [0.2, 0.25) is 0 Å². The molecule has 1 heterocycles. The summed E-state index contributed by atoms with van der Waals surface area (Å²) < 4.78 is 21.9. The maximum absolute atomic E-state index is 5.73. The monoisotopic (exact) mass is 348 g/mol. The summed E-state index contributed by atoms with van der Waals surface area (Å²) in [6, 6.07) is 3.50. The second-order valence-corrected chi connectivity index (χ2v) is 4.61. The van der Waals surface area contributed by atoms with E-state index in [-0.39, 0.29) is 0 Å². The van der Waals surface area contributed by atoms with Gasteiger partial charge in [0.2, 0.25) is 5.88 Å². The molecule has 2 N–H and O–H groups in total. The largest absolute Gasteiger partial charge is 0.474 e. The Morgan fingerprint density at radius 1 is 1.00 bits per heavy atom. The lowest BCUT2D eigenvalue weighted by atomic mass is 10.4. The molecule has 0 aliphatic carbocycles. The highest BCUT2D eigenvalue weighted by Gasteiger charge is 2.02. The Morgan fingerprint density at radius 3 is 2.25 bits per heavy atom. The fourth-order valence-electron chi connectivity index (χ4n) is 1.33. The number of nitrogens with two attached hydrogens (primary N) is 1. The third-order valence-electron chi connectivity index (χ3n) is 2.27. The summed E-state index contributed by atoms with van der Waals surface area (Å²) in [6.45, 7) is 5.80. The van der Waals surface area contributed by atoms with Crippen molar-refractivity contribution in [1.29, 1.82) is 0 Å². The molecule has 0 amide bonds. The summed E-state index contributed by atoms with van der Waals surface area (Å²) in [5.41, 5.74) is 6.24. The molecule has 0 saturated heterocycles. The topological polar surface area (TPSA) is 75.8 Å². The van der Waals surface area contributed by atoms with Gasteiger partial charge in [-0.3, -0.25) is 0 Å². The van der Waals surface area contributed by atoms with E-state index in [0.717, 1.165) is 0 Å². The normalized spacial score (nSPS) is 10.7. The van der Waals surface area contributed by atoms with Crippen LogP contribution in [0.25, 0.3) is 0 Å². The Labute approximate surface area is 127 Å². The van der Waals surface area contributed by atoms with Gasteiger partial charge in [-0.1, -0.05) is 0 Å². The first-order valence-electron chi connectivity index (χ1n) is 6.52. The van der Waals surface area contributed by atoms with Crippen molar-refractivity contribution in [2.24, 2.45) is 0 Å². The van der Waals surface area contributed by atoms with E-state index in [0.29, 0.717) is 62.4 Å². The molecule has 0 atom stereocenters. The number of hydrogen-bond donors (Lipinski definition) is 1. The fraction of sp³-hybridized carbons (Fsp3) is 0.615. The first-order valence-corrected chi connectivity index (χ1v) is 7.31. The number of aromatic nitrogens is 1. The van der Waals surface area contributed by atoms with Crippen molar-refractivity contribution in [2.75, 3.05) is 52.0 Å². The Morgan fingerprint density at radius 2 is 1.60 bits per heavy atom. The maximum atomic E-state index is 5.73. The highest BCUT2D eigenvalue weighted by Crippen LogP contribution is 2.20. The summed E-state index contributed by atoms with van der Waals surface area (Å²) in [7, 11) is 0. The second kappa shape index (κ2) is 10.8.